The number of amides is 2. The van der Waals surface area contributed by atoms with Crippen LogP contribution in [-0.2, 0) is 0 Å². The minimum absolute atomic E-state index is 0.0622. The summed E-state index contributed by atoms with van der Waals surface area (Å²) >= 11 is 12.1. The first-order valence-corrected chi connectivity index (χ1v) is 8.97. The summed E-state index contributed by atoms with van der Waals surface area (Å²) in [6.45, 7) is 1.50. The van der Waals surface area contributed by atoms with Crippen LogP contribution in [0.2, 0.25) is 10.0 Å². The van der Waals surface area contributed by atoms with E-state index in [4.69, 9.17) is 23.2 Å². The van der Waals surface area contributed by atoms with E-state index >= 15 is 0 Å². The molecule has 2 aromatic carbocycles. The zero-order chi connectivity index (χ0) is 17.8. The normalized spacial score (nSPS) is 14.2. The first-order valence-electron chi connectivity index (χ1n) is 8.21. The molecule has 6 heteroatoms. The van der Waals surface area contributed by atoms with Gasteiger partial charge in [0.15, 0.2) is 0 Å². The van der Waals surface area contributed by atoms with E-state index in [1.54, 1.807) is 42.5 Å². The Bertz CT molecular complexity index is 802. The van der Waals surface area contributed by atoms with E-state index in [1.807, 2.05) is 4.90 Å². The van der Waals surface area contributed by atoms with Crippen LogP contribution in [0.15, 0.2) is 42.5 Å². The molecule has 0 saturated carbocycles. The highest BCUT2D eigenvalue weighted by Gasteiger charge is 2.22. The molecular formula is C19H18Cl2N2O2. The number of benzene rings is 2. The third-order valence-electron chi connectivity index (χ3n) is 4.25. The lowest BCUT2D eigenvalue weighted by molar-refractivity contribution is 0.0725. The minimum atomic E-state index is -0.397. The molecule has 25 heavy (non-hydrogen) atoms. The van der Waals surface area contributed by atoms with Crippen molar-refractivity contribution in [2.45, 2.75) is 19.3 Å². The quantitative estimate of drug-likeness (QED) is 0.830. The van der Waals surface area contributed by atoms with E-state index in [2.05, 4.69) is 5.32 Å². The molecule has 0 aromatic heterocycles. The number of likely N-dealkylation sites (tertiary alicyclic amines) is 1. The van der Waals surface area contributed by atoms with Gasteiger partial charge in [0.25, 0.3) is 11.8 Å². The Kier molecular flexibility index (Phi) is 5.61. The zero-order valence-electron chi connectivity index (χ0n) is 13.6. The van der Waals surface area contributed by atoms with Crippen molar-refractivity contribution >= 4 is 40.7 Å². The zero-order valence-corrected chi connectivity index (χ0v) is 15.1. The van der Waals surface area contributed by atoms with Crippen molar-refractivity contribution in [3.8, 4) is 0 Å². The van der Waals surface area contributed by atoms with Gasteiger partial charge in [0.1, 0.15) is 0 Å². The van der Waals surface area contributed by atoms with Crippen molar-refractivity contribution in [1.82, 2.24) is 4.90 Å². The Hall–Kier alpha value is -2.04. The largest absolute Gasteiger partial charge is 0.339 e. The number of anilines is 1. The second-order valence-electron chi connectivity index (χ2n) is 5.95. The monoisotopic (exact) mass is 376 g/mol. The maximum Gasteiger partial charge on any atom is 0.257 e. The van der Waals surface area contributed by atoms with E-state index in [0.29, 0.717) is 16.3 Å². The topological polar surface area (TPSA) is 49.4 Å². The number of carbonyl (C=O) groups is 2. The van der Waals surface area contributed by atoms with Gasteiger partial charge in [-0.3, -0.25) is 9.59 Å². The number of hydrogen-bond acceptors (Lipinski definition) is 2. The van der Waals surface area contributed by atoms with Crippen LogP contribution in [-0.4, -0.2) is 29.8 Å². The van der Waals surface area contributed by atoms with Gasteiger partial charge in [-0.2, -0.15) is 0 Å². The molecule has 3 rings (SSSR count). The maximum atomic E-state index is 12.8. The molecule has 4 nitrogen and oxygen atoms in total. The molecule has 1 saturated heterocycles. The third kappa shape index (κ3) is 3.97. The van der Waals surface area contributed by atoms with E-state index < -0.39 is 5.91 Å². The minimum Gasteiger partial charge on any atom is -0.339 e. The predicted octanol–water partition coefficient (Wildman–Crippen LogP) is 4.87. The molecule has 0 unspecified atom stereocenters. The summed E-state index contributed by atoms with van der Waals surface area (Å²) in [6.07, 6.45) is 3.17. The number of nitrogens with zero attached hydrogens (tertiary/aromatic N) is 1. The van der Waals surface area contributed by atoms with E-state index in [0.717, 1.165) is 32.4 Å². The van der Waals surface area contributed by atoms with Crippen molar-refractivity contribution in [3.05, 3.63) is 63.6 Å². The molecule has 130 valence electrons. The Labute approximate surface area is 156 Å². The maximum absolute atomic E-state index is 12.8. The van der Waals surface area contributed by atoms with Crippen molar-refractivity contribution < 1.29 is 9.59 Å². The van der Waals surface area contributed by atoms with Crippen molar-refractivity contribution in [2.75, 3.05) is 18.4 Å². The summed E-state index contributed by atoms with van der Waals surface area (Å²) in [5, 5.41) is 3.29. The molecule has 0 aliphatic carbocycles. The molecule has 0 radical (unpaired) electrons. The van der Waals surface area contributed by atoms with Gasteiger partial charge in [0, 0.05) is 13.1 Å². The van der Waals surface area contributed by atoms with Gasteiger partial charge in [0.05, 0.1) is 26.9 Å². The lowest BCUT2D eigenvalue weighted by Crippen LogP contribution is -2.36. The predicted molar refractivity (Wildman–Crippen MR) is 101 cm³/mol. The summed E-state index contributed by atoms with van der Waals surface area (Å²) in [4.78, 5) is 27.2. The second-order valence-corrected chi connectivity index (χ2v) is 6.74. The van der Waals surface area contributed by atoms with Crippen molar-refractivity contribution in [1.29, 1.82) is 0 Å². The fourth-order valence-electron chi connectivity index (χ4n) is 2.91. The van der Waals surface area contributed by atoms with Crippen LogP contribution in [0.25, 0.3) is 0 Å². The number of piperidine rings is 1. The molecule has 1 N–H and O–H groups in total. The number of carbonyl (C=O) groups excluding carboxylic acids is 2. The summed E-state index contributed by atoms with van der Waals surface area (Å²) in [6, 6.07) is 11.9. The summed E-state index contributed by atoms with van der Waals surface area (Å²) in [5.74, 6) is -0.459. The van der Waals surface area contributed by atoms with Gasteiger partial charge in [-0.05, 0) is 43.5 Å². The molecular weight excluding hydrogens is 359 g/mol. The van der Waals surface area contributed by atoms with Gasteiger partial charge in [-0.1, -0.05) is 41.4 Å². The molecule has 0 bridgehead atoms. The number of halogens is 2. The van der Waals surface area contributed by atoms with Crippen LogP contribution in [0.1, 0.15) is 40.0 Å². The summed E-state index contributed by atoms with van der Waals surface area (Å²) in [5.41, 5.74) is 1.23. The average molecular weight is 377 g/mol. The fraction of sp³-hybridized carbons (Fsp3) is 0.263. The average Bonchev–Trinajstić information content (AvgIpc) is 2.64. The number of para-hydroxylation sites is 1. The Morgan fingerprint density at radius 1 is 0.880 bits per heavy atom. The Balaban J connectivity index is 1.84. The Morgan fingerprint density at radius 2 is 1.56 bits per heavy atom. The van der Waals surface area contributed by atoms with Gasteiger partial charge in [-0.15, -0.1) is 0 Å². The molecule has 2 amide bonds. The lowest BCUT2D eigenvalue weighted by Gasteiger charge is -2.27. The van der Waals surface area contributed by atoms with E-state index in [9.17, 15) is 9.59 Å². The first-order chi connectivity index (χ1) is 12.1. The van der Waals surface area contributed by atoms with Gasteiger partial charge in [0.2, 0.25) is 0 Å². The number of nitrogens with one attached hydrogen (secondary N) is 1. The van der Waals surface area contributed by atoms with Crippen LogP contribution >= 0.6 is 23.2 Å². The molecule has 1 aliphatic heterocycles. The van der Waals surface area contributed by atoms with Crippen LogP contribution in [0, 0.1) is 0 Å². The van der Waals surface area contributed by atoms with Gasteiger partial charge in [-0.25, -0.2) is 0 Å². The number of rotatable bonds is 3. The molecule has 0 atom stereocenters. The van der Waals surface area contributed by atoms with Crippen LogP contribution in [0.3, 0.4) is 0 Å². The van der Waals surface area contributed by atoms with E-state index in [-0.39, 0.29) is 16.5 Å². The van der Waals surface area contributed by atoms with Crippen molar-refractivity contribution in [3.63, 3.8) is 0 Å². The lowest BCUT2D eigenvalue weighted by atomic mass is 10.1. The van der Waals surface area contributed by atoms with E-state index in [1.165, 1.54) is 0 Å². The van der Waals surface area contributed by atoms with Gasteiger partial charge >= 0.3 is 0 Å². The highest BCUT2D eigenvalue weighted by molar-refractivity contribution is 6.44. The standard InChI is InChI=1S/C19H18Cl2N2O2/c20-15-9-6-8-14(17(15)21)18(24)22-16-10-3-2-7-13(16)19(25)23-11-4-1-5-12-23/h2-3,6-10H,1,4-5,11-12H2,(H,22,24). The first kappa shape index (κ1) is 17.8. The molecule has 0 spiro atoms. The molecule has 1 aliphatic rings. The summed E-state index contributed by atoms with van der Waals surface area (Å²) < 4.78 is 0. The van der Waals surface area contributed by atoms with Crippen LogP contribution in [0.5, 0.6) is 0 Å². The summed E-state index contributed by atoms with van der Waals surface area (Å²) in [7, 11) is 0. The highest BCUT2D eigenvalue weighted by Crippen LogP contribution is 2.27. The van der Waals surface area contributed by atoms with Crippen LogP contribution in [0.4, 0.5) is 5.69 Å². The molecule has 1 fully saturated rings. The fourth-order valence-corrected chi connectivity index (χ4v) is 3.30. The second kappa shape index (κ2) is 7.89. The Morgan fingerprint density at radius 3 is 2.32 bits per heavy atom. The molecule has 1 heterocycles. The van der Waals surface area contributed by atoms with Crippen LogP contribution < -0.4 is 5.32 Å². The molecule has 2 aromatic rings. The smallest absolute Gasteiger partial charge is 0.257 e. The van der Waals surface area contributed by atoms with Gasteiger partial charge < -0.3 is 10.2 Å². The third-order valence-corrected chi connectivity index (χ3v) is 5.06. The van der Waals surface area contributed by atoms with Crippen molar-refractivity contribution in [2.24, 2.45) is 0 Å². The number of hydrogen-bond donors (Lipinski definition) is 1. The SMILES string of the molecule is O=C(Nc1ccccc1C(=O)N1CCCCC1)c1cccc(Cl)c1Cl. The highest BCUT2D eigenvalue weighted by atomic mass is 35.5.